The summed E-state index contributed by atoms with van der Waals surface area (Å²) in [5.41, 5.74) is 0. The van der Waals surface area contributed by atoms with E-state index in [4.69, 9.17) is 9.47 Å². The van der Waals surface area contributed by atoms with E-state index in [9.17, 15) is 0 Å². The SMILES string of the molecule is COCC(C)Nc1nccn1CC1CCOCC1. The predicted molar refractivity (Wildman–Crippen MR) is 70.7 cm³/mol. The fourth-order valence-corrected chi connectivity index (χ4v) is 2.32. The van der Waals surface area contributed by atoms with Gasteiger partial charge in [0.15, 0.2) is 0 Å². The number of methoxy groups -OCH3 is 1. The van der Waals surface area contributed by atoms with Crippen molar-refractivity contribution >= 4 is 5.95 Å². The van der Waals surface area contributed by atoms with Crippen LogP contribution in [0.1, 0.15) is 19.8 Å². The molecule has 0 saturated carbocycles. The summed E-state index contributed by atoms with van der Waals surface area (Å²) < 4.78 is 12.7. The second-order valence-electron chi connectivity index (χ2n) is 4.96. The van der Waals surface area contributed by atoms with Crippen molar-refractivity contribution < 1.29 is 9.47 Å². The first-order valence-corrected chi connectivity index (χ1v) is 6.64. The molecule has 5 heteroatoms. The number of ether oxygens (including phenoxy) is 2. The lowest BCUT2D eigenvalue weighted by atomic mass is 10.0. The zero-order valence-corrected chi connectivity index (χ0v) is 11.3. The number of aromatic nitrogens is 2. The Bertz CT molecular complexity index is 348. The Kier molecular flexibility index (Phi) is 5.01. The van der Waals surface area contributed by atoms with Crippen LogP contribution in [0.4, 0.5) is 5.95 Å². The van der Waals surface area contributed by atoms with Gasteiger partial charge in [0.25, 0.3) is 0 Å². The number of hydrogen-bond acceptors (Lipinski definition) is 4. The van der Waals surface area contributed by atoms with E-state index in [-0.39, 0.29) is 6.04 Å². The maximum atomic E-state index is 5.39. The predicted octanol–water partition coefficient (Wildman–Crippen LogP) is 1.76. The first-order valence-electron chi connectivity index (χ1n) is 6.64. The van der Waals surface area contributed by atoms with Gasteiger partial charge >= 0.3 is 0 Å². The summed E-state index contributed by atoms with van der Waals surface area (Å²) in [6.45, 7) is 5.58. The van der Waals surface area contributed by atoms with Crippen LogP contribution in [-0.2, 0) is 16.0 Å². The first kappa shape index (κ1) is 13.4. The molecule has 5 nitrogen and oxygen atoms in total. The molecule has 1 aliphatic rings. The highest BCUT2D eigenvalue weighted by molar-refractivity contribution is 5.27. The lowest BCUT2D eigenvalue weighted by Gasteiger charge is -2.23. The Morgan fingerprint density at radius 3 is 3.06 bits per heavy atom. The molecule has 1 unspecified atom stereocenters. The highest BCUT2D eigenvalue weighted by Gasteiger charge is 2.16. The molecule has 0 aliphatic carbocycles. The van der Waals surface area contributed by atoms with E-state index in [1.807, 2.05) is 12.4 Å². The van der Waals surface area contributed by atoms with Gasteiger partial charge in [-0.25, -0.2) is 4.98 Å². The van der Waals surface area contributed by atoms with Gasteiger partial charge in [0, 0.05) is 45.3 Å². The quantitative estimate of drug-likeness (QED) is 0.839. The van der Waals surface area contributed by atoms with Gasteiger partial charge < -0.3 is 19.4 Å². The molecule has 0 spiro atoms. The summed E-state index contributed by atoms with van der Waals surface area (Å²) in [4.78, 5) is 4.37. The summed E-state index contributed by atoms with van der Waals surface area (Å²) >= 11 is 0. The van der Waals surface area contributed by atoms with Gasteiger partial charge in [-0.2, -0.15) is 0 Å². The van der Waals surface area contributed by atoms with Crippen molar-refractivity contribution in [1.82, 2.24) is 9.55 Å². The van der Waals surface area contributed by atoms with E-state index < -0.39 is 0 Å². The van der Waals surface area contributed by atoms with Crippen molar-refractivity contribution in [3.8, 4) is 0 Å². The molecule has 0 aromatic carbocycles. The van der Waals surface area contributed by atoms with Crippen LogP contribution in [0.25, 0.3) is 0 Å². The Hall–Kier alpha value is -1.07. The summed E-state index contributed by atoms with van der Waals surface area (Å²) in [5.74, 6) is 1.64. The van der Waals surface area contributed by atoms with Gasteiger partial charge in [-0.1, -0.05) is 0 Å². The zero-order chi connectivity index (χ0) is 12.8. The lowest BCUT2D eigenvalue weighted by molar-refractivity contribution is 0.0614. The third kappa shape index (κ3) is 3.71. The van der Waals surface area contributed by atoms with Crippen LogP contribution in [0, 0.1) is 5.92 Å². The fraction of sp³-hybridized carbons (Fsp3) is 0.769. The molecule has 0 amide bonds. The van der Waals surface area contributed by atoms with E-state index in [0.717, 1.165) is 38.5 Å². The third-order valence-electron chi connectivity index (χ3n) is 3.30. The topological polar surface area (TPSA) is 48.3 Å². The van der Waals surface area contributed by atoms with Gasteiger partial charge in [0.2, 0.25) is 5.95 Å². The standard InChI is InChI=1S/C13H23N3O2/c1-11(10-17-2)15-13-14-5-6-16(13)9-12-3-7-18-8-4-12/h5-6,11-12H,3-4,7-10H2,1-2H3,(H,14,15). The van der Waals surface area contributed by atoms with Gasteiger partial charge in [-0.05, 0) is 25.7 Å². The normalized spacial score (nSPS) is 18.8. The van der Waals surface area contributed by atoms with Crippen LogP contribution in [0.15, 0.2) is 12.4 Å². The molecule has 2 rings (SSSR count). The Labute approximate surface area is 108 Å². The van der Waals surface area contributed by atoms with Crippen molar-refractivity contribution in [2.45, 2.75) is 32.4 Å². The molecule has 1 aromatic rings. The van der Waals surface area contributed by atoms with Crippen LogP contribution in [0.5, 0.6) is 0 Å². The van der Waals surface area contributed by atoms with Crippen LogP contribution < -0.4 is 5.32 Å². The molecule has 18 heavy (non-hydrogen) atoms. The minimum absolute atomic E-state index is 0.269. The monoisotopic (exact) mass is 253 g/mol. The Balaban J connectivity index is 1.90. The molecule has 1 saturated heterocycles. The van der Waals surface area contributed by atoms with Crippen molar-refractivity contribution in [2.24, 2.45) is 5.92 Å². The van der Waals surface area contributed by atoms with E-state index in [0.29, 0.717) is 12.5 Å². The highest BCUT2D eigenvalue weighted by atomic mass is 16.5. The number of hydrogen-bond donors (Lipinski definition) is 1. The molecule has 1 fully saturated rings. The molecular weight excluding hydrogens is 230 g/mol. The van der Waals surface area contributed by atoms with Crippen molar-refractivity contribution in [2.75, 3.05) is 32.2 Å². The smallest absolute Gasteiger partial charge is 0.203 e. The van der Waals surface area contributed by atoms with E-state index in [1.54, 1.807) is 7.11 Å². The second kappa shape index (κ2) is 6.75. The molecule has 0 radical (unpaired) electrons. The van der Waals surface area contributed by atoms with E-state index in [2.05, 4.69) is 21.8 Å². The van der Waals surface area contributed by atoms with Gasteiger partial charge in [0.05, 0.1) is 6.61 Å². The van der Waals surface area contributed by atoms with E-state index in [1.165, 1.54) is 0 Å². The Morgan fingerprint density at radius 2 is 2.33 bits per heavy atom. The number of nitrogens with zero attached hydrogens (tertiary/aromatic N) is 2. The molecule has 102 valence electrons. The molecule has 2 heterocycles. The lowest BCUT2D eigenvalue weighted by Crippen LogP contribution is -2.25. The van der Waals surface area contributed by atoms with Gasteiger partial charge in [-0.3, -0.25) is 0 Å². The van der Waals surface area contributed by atoms with E-state index >= 15 is 0 Å². The molecule has 1 aliphatic heterocycles. The average molecular weight is 253 g/mol. The highest BCUT2D eigenvalue weighted by Crippen LogP contribution is 2.19. The average Bonchev–Trinajstić information content (AvgIpc) is 2.78. The molecule has 1 N–H and O–H groups in total. The third-order valence-corrected chi connectivity index (χ3v) is 3.30. The summed E-state index contributed by atoms with van der Waals surface area (Å²) in [5, 5.41) is 3.38. The van der Waals surface area contributed by atoms with Gasteiger partial charge in [0.1, 0.15) is 0 Å². The minimum atomic E-state index is 0.269. The Morgan fingerprint density at radius 1 is 1.56 bits per heavy atom. The zero-order valence-electron chi connectivity index (χ0n) is 11.3. The summed E-state index contributed by atoms with van der Waals surface area (Å²) in [6.07, 6.45) is 6.18. The van der Waals surface area contributed by atoms with Gasteiger partial charge in [-0.15, -0.1) is 0 Å². The van der Waals surface area contributed by atoms with Crippen molar-refractivity contribution in [3.63, 3.8) is 0 Å². The minimum Gasteiger partial charge on any atom is -0.383 e. The molecular formula is C13H23N3O2. The first-order chi connectivity index (χ1) is 8.79. The second-order valence-corrected chi connectivity index (χ2v) is 4.96. The summed E-state index contributed by atoms with van der Waals surface area (Å²) in [6, 6.07) is 0.269. The van der Waals surface area contributed by atoms with Crippen molar-refractivity contribution in [1.29, 1.82) is 0 Å². The fourth-order valence-electron chi connectivity index (χ4n) is 2.32. The largest absolute Gasteiger partial charge is 0.383 e. The maximum absolute atomic E-state index is 5.39. The maximum Gasteiger partial charge on any atom is 0.203 e. The number of imidazole rings is 1. The summed E-state index contributed by atoms with van der Waals surface area (Å²) in [7, 11) is 1.71. The van der Waals surface area contributed by atoms with Crippen molar-refractivity contribution in [3.05, 3.63) is 12.4 Å². The molecule has 1 atom stereocenters. The van der Waals surface area contributed by atoms with Crippen LogP contribution in [0.3, 0.4) is 0 Å². The van der Waals surface area contributed by atoms with Crippen LogP contribution in [0.2, 0.25) is 0 Å². The molecule has 0 bridgehead atoms. The van der Waals surface area contributed by atoms with Crippen LogP contribution in [-0.4, -0.2) is 42.5 Å². The molecule has 1 aromatic heterocycles. The number of anilines is 1. The number of rotatable bonds is 6. The van der Waals surface area contributed by atoms with Crippen LogP contribution >= 0.6 is 0 Å². The number of nitrogens with one attached hydrogen (secondary N) is 1.